The molecule has 2 aromatic rings. The summed E-state index contributed by atoms with van der Waals surface area (Å²) in [7, 11) is 3.38. The molecule has 2 rings (SSSR count). The van der Waals surface area contributed by atoms with Crippen molar-refractivity contribution in [2.75, 3.05) is 20.7 Å². The standard InChI is InChI=1S/C16H20N2O3/c1-18(10-6-9-16(19)20-2)12-15-17-11-14(21-15)13-7-4-3-5-8-13/h3-5,7-8,11H,6,9-10,12H2,1-2H3. The fourth-order valence-electron chi connectivity index (χ4n) is 2.02. The van der Waals surface area contributed by atoms with E-state index in [4.69, 9.17) is 4.42 Å². The number of carbonyl (C=O) groups is 1. The first-order chi connectivity index (χ1) is 10.2. The van der Waals surface area contributed by atoms with Crippen LogP contribution in [0.5, 0.6) is 0 Å². The summed E-state index contributed by atoms with van der Waals surface area (Å²) in [6.45, 7) is 1.41. The molecule has 0 saturated heterocycles. The lowest BCUT2D eigenvalue weighted by atomic mass is 10.2. The molecule has 5 nitrogen and oxygen atoms in total. The summed E-state index contributed by atoms with van der Waals surface area (Å²) in [5.41, 5.74) is 1.02. The maximum absolute atomic E-state index is 11.0. The van der Waals surface area contributed by atoms with Gasteiger partial charge in [0.15, 0.2) is 5.76 Å². The summed E-state index contributed by atoms with van der Waals surface area (Å²) in [6, 6.07) is 9.89. The van der Waals surface area contributed by atoms with Crippen molar-refractivity contribution in [3.05, 3.63) is 42.4 Å². The lowest BCUT2D eigenvalue weighted by Gasteiger charge is -2.13. The Morgan fingerprint density at radius 1 is 1.33 bits per heavy atom. The van der Waals surface area contributed by atoms with Crippen LogP contribution in [0, 0.1) is 0 Å². The van der Waals surface area contributed by atoms with Crippen molar-refractivity contribution in [1.82, 2.24) is 9.88 Å². The van der Waals surface area contributed by atoms with E-state index in [1.807, 2.05) is 37.4 Å². The molecule has 0 aliphatic heterocycles. The van der Waals surface area contributed by atoms with Crippen molar-refractivity contribution < 1.29 is 13.9 Å². The molecule has 0 atom stereocenters. The van der Waals surface area contributed by atoms with Gasteiger partial charge in [-0.15, -0.1) is 0 Å². The number of ether oxygens (including phenoxy) is 1. The van der Waals surface area contributed by atoms with Gasteiger partial charge in [0, 0.05) is 12.0 Å². The van der Waals surface area contributed by atoms with E-state index in [1.54, 1.807) is 6.20 Å². The van der Waals surface area contributed by atoms with Gasteiger partial charge in [-0.25, -0.2) is 4.98 Å². The second kappa shape index (κ2) is 7.59. The van der Waals surface area contributed by atoms with E-state index in [9.17, 15) is 4.79 Å². The van der Waals surface area contributed by atoms with Crippen molar-refractivity contribution in [3.63, 3.8) is 0 Å². The van der Waals surface area contributed by atoms with Crippen LogP contribution in [0.3, 0.4) is 0 Å². The lowest BCUT2D eigenvalue weighted by Crippen LogP contribution is -2.20. The zero-order chi connectivity index (χ0) is 15.1. The van der Waals surface area contributed by atoms with Gasteiger partial charge in [-0.1, -0.05) is 30.3 Å². The van der Waals surface area contributed by atoms with Gasteiger partial charge in [0.05, 0.1) is 19.9 Å². The SMILES string of the molecule is COC(=O)CCCN(C)Cc1ncc(-c2ccccc2)o1. The zero-order valence-electron chi connectivity index (χ0n) is 12.4. The number of benzene rings is 1. The summed E-state index contributed by atoms with van der Waals surface area (Å²) in [6.07, 6.45) is 2.93. The van der Waals surface area contributed by atoms with E-state index in [0.29, 0.717) is 18.9 Å². The third-order valence-electron chi connectivity index (χ3n) is 3.17. The molecule has 112 valence electrons. The molecular formula is C16H20N2O3. The highest BCUT2D eigenvalue weighted by atomic mass is 16.5. The Morgan fingerprint density at radius 3 is 2.81 bits per heavy atom. The van der Waals surface area contributed by atoms with Crippen LogP contribution in [0.15, 0.2) is 40.9 Å². The van der Waals surface area contributed by atoms with E-state index in [1.165, 1.54) is 7.11 Å². The van der Waals surface area contributed by atoms with E-state index < -0.39 is 0 Å². The lowest BCUT2D eigenvalue weighted by molar-refractivity contribution is -0.140. The number of esters is 1. The Kier molecular flexibility index (Phi) is 5.51. The van der Waals surface area contributed by atoms with Gasteiger partial charge < -0.3 is 9.15 Å². The van der Waals surface area contributed by atoms with E-state index in [-0.39, 0.29) is 5.97 Å². The molecule has 5 heteroatoms. The van der Waals surface area contributed by atoms with Gasteiger partial charge in [-0.3, -0.25) is 9.69 Å². The van der Waals surface area contributed by atoms with Crippen molar-refractivity contribution in [3.8, 4) is 11.3 Å². The van der Waals surface area contributed by atoms with Crippen molar-refractivity contribution in [1.29, 1.82) is 0 Å². The van der Waals surface area contributed by atoms with Gasteiger partial charge in [-0.2, -0.15) is 0 Å². The maximum atomic E-state index is 11.0. The van der Waals surface area contributed by atoms with Crippen molar-refractivity contribution in [2.24, 2.45) is 0 Å². The minimum Gasteiger partial charge on any atom is -0.469 e. The molecule has 0 spiro atoms. The van der Waals surface area contributed by atoms with Crippen LogP contribution in [-0.4, -0.2) is 36.6 Å². The summed E-state index contributed by atoms with van der Waals surface area (Å²) in [5.74, 6) is 1.27. The summed E-state index contributed by atoms with van der Waals surface area (Å²) in [5, 5.41) is 0. The fraction of sp³-hybridized carbons (Fsp3) is 0.375. The molecule has 0 aliphatic carbocycles. The summed E-state index contributed by atoms with van der Waals surface area (Å²) >= 11 is 0. The molecule has 0 bridgehead atoms. The average Bonchev–Trinajstić information content (AvgIpc) is 2.96. The van der Waals surface area contributed by atoms with Crippen molar-refractivity contribution >= 4 is 5.97 Å². The van der Waals surface area contributed by atoms with Crippen LogP contribution < -0.4 is 0 Å². The molecule has 0 radical (unpaired) electrons. The van der Waals surface area contributed by atoms with Gasteiger partial charge in [0.1, 0.15) is 0 Å². The Balaban J connectivity index is 1.83. The summed E-state index contributed by atoms with van der Waals surface area (Å²) < 4.78 is 10.4. The number of carbonyl (C=O) groups excluding carboxylic acids is 1. The Labute approximate surface area is 124 Å². The Bertz CT molecular complexity index is 566. The predicted molar refractivity (Wildman–Crippen MR) is 79.5 cm³/mol. The second-order valence-corrected chi connectivity index (χ2v) is 4.90. The smallest absolute Gasteiger partial charge is 0.305 e. The number of rotatable bonds is 7. The number of nitrogens with zero attached hydrogens (tertiary/aromatic N) is 2. The molecule has 21 heavy (non-hydrogen) atoms. The highest BCUT2D eigenvalue weighted by Crippen LogP contribution is 2.20. The van der Waals surface area contributed by atoms with Crippen LogP contribution in [-0.2, 0) is 16.1 Å². The molecule has 1 aromatic carbocycles. The fourth-order valence-corrected chi connectivity index (χ4v) is 2.02. The molecule has 0 saturated carbocycles. The third-order valence-corrected chi connectivity index (χ3v) is 3.17. The number of hydrogen-bond acceptors (Lipinski definition) is 5. The van der Waals surface area contributed by atoms with Crippen LogP contribution >= 0.6 is 0 Å². The minimum atomic E-state index is -0.175. The number of methoxy groups -OCH3 is 1. The first kappa shape index (κ1) is 15.3. The van der Waals surface area contributed by atoms with E-state index >= 15 is 0 Å². The molecule has 1 heterocycles. The second-order valence-electron chi connectivity index (χ2n) is 4.90. The molecule has 1 aromatic heterocycles. The average molecular weight is 288 g/mol. The molecular weight excluding hydrogens is 268 g/mol. The van der Waals surface area contributed by atoms with Gasteiger partial charge in [0.2, 0.25) is 5.89 Å². The number of oxazole rings is 1. The topological polar surface area (TPSA) is 55.6 Å². The zero-order valence-corrected chi connectivity index (χ0v) is 12.4. The highest BCUT2D eigenvalue weighted by molar-refractivity contribution is 5.69. The molecule has 0 aliphatic rings. The van der Waals surface area contributed by atoms with Crippen LogP contribution in [0.25, 0.3) is 11.3 Å². The normalized spacial score (nSPS) is 10.8. The monoisotopic (exact) mass is 288 g/mol. The van der Waals surface area contributed by atoms with Gasteiger partial charge >= 0.3 is 5.97 Å². The van der Waals surface area contributed by atoms with E-state index in [0.717, 1.165) is 24.3 Å². The Hall–Kier alpha value is -2.14. The Morgan fingerprint density at radius 2 is 2.10 bits per heavy atom. The quantitative estimate of drug-likeness (QED) is 0.733. The molecule has 0 N–H and O–H groups in total. The molecule has 0 amide bonds. The van der Waals surface area contributed by atoms with Gasteiger partial charge in [-0.05, 0) is 20.0 Å². The van der Waals surface area contributed by atoms with Crippen molar-refractivity contribution in [2.45, 2.75) is 19.4 Å². The van der Waals surface area contributed by atoms with Gasteiger partial charge in [0.25, 0.3) is 0 Å². The first-order valence-corrected chi connectivity index (χ1v) is 6.94. The third kappa shape index (κ3) is 4.72. The highest BCUT2D eigenvalue weighted by Gasteiger charge is 2.09. The summed E-state index contributed by atoms with van der Waals surface area (Å²) in [4.78, 5) is 17.4. The maximum Gasteiger partial charge on any atom is 0.305 e. The van der Waals surface area contributed by atoms with Crippen LogP contribution in [0.1, 0.15) is 18.7 Å². The molecule has 0 unspecified atom stereocenters. The molecule has 0 fully saturated rings. The number of aromatic nitrogens is 1. The van der Waals surface area contributed by atoms with Crippen LogP contribution in [0.2, 0.25) is 0 Å². The minimum absolute atomic E-state index is 0.175. The van der Waals surface area contributed by atoms with E-state index in [2.05, 4.69) is 14.6 Å². The first-order valence-electron chi connectivity index (χ1n) is 6.94. The predicted octanol–water partition coefficient (Wildman–Crippen LogP) is 2.73. The van der Waals surface area contributed by atoms with Crippen LogP contribution in [0.4, 0.5) is 0 Å². The number of hydrogen-bond donors (Lipinski definition) is 0. The largest absolute Gasteiger partial charge is 0.469 e.